The van der Waals surface area contributed by atoms with Gasteiger partial charge in [-0.15, -0.1) is 0 Å². The molecule has 0 atom stereocenters. The van der Waals surface area contributed by atoms with E-state index in [2.05, 4.69) is 37.3 Å². The molecule has 2 aromatic heterocycles. The number of ether oxygens (including phenoxy) is 1. The standard InChI is InChI=1S/C21H21N7O/c22-19-18-20(28(14-23-18)17-4-2-1-3-5-17)26-21(25-19)24-15-6-8-16(9-7-15)27-10-12-29-13-11-27/h1-9,14H,10-13H2,(H3,22,24,25,26). The van der Waals surface area contributed by atoms with Crippen LogP contribution in [0.4, 0.5) is 23.1 Å². The minimum Gasteiger partial charge on any atom is -0.382 e. The van der Waals surface area contributed by atoms with E-state index in [0.717, 1.165) is 37.7 Å². The molecule has 1 saturated heterocycles. The number of para-hydroxylation sites is 1. The van der Waals surface area contributed by atoms with Crippen LogP contribution < -0.4 is 16.0 Å². The van der Waals surface area contributed by atoms with Crippen molar-refractivity contribution in [2.24, 2.45) is 0 Å². The molecule has 4 aromatic rings. The molecule has 0 saturated carbocycles. The van der Waals surface area contributed by atoms with Crippen LogP contribution in [0.3, 0.4) is 0 Å². The maximum Gasteiger partial charge on any atom is 0.231 e. The van der Waals surface area contributed by atoms with Gasteiger partial charge in [-0.1, -0.05) is 18.2 Å². The van der Waals surface area contributed by atoms with Gasteiger partial charge in [0.25, 0.3) is 0 Å². The highest BCUT2D eigenvalue weighted by molar-refractivity contribution is 5.84. The second-order valence-electron chi connectivity index (χ2n) is 6.83. The highest BCUT2D eigenvalue weighted by Crippen LogP contribution is 2.24. The predicted octanol–water partition coefficient (Wildman–Crippen LogP) is 2.98. The van der Waals surface area contributed by atoms with Crippen LogP contribution >= 0.6 is 0 Å². The van der Waals surface area contributed by atoms with Crippen LogP contribution in [0.15, 0.2) is 60.9 Å². The van der Waals surface area contributed by atoms with Crippen molar-refractivity contribution in [2.75, 3.05) is 42.3 Å². The quantitative estimate of drug-likeness (QED) is 0.556. The van der Waals surface area contributed by atoms with Crippen LogP contribution in [0.1, 0.15) is 0 Å². The lowest BCUT2D eigenvalue weighted by Gasteiger charge is -2.28. The second-order valence-corrected chi connectivity index (χ2v) is 6.83. The number of rotatable bonds is 4. The number of aromatic nitrogens is 4. The molecule has 2 aromatic carbocycles. The zero-order valence-corrected chi connectivity index (χ0v) is 15.8. The fourth-order valence-electron chi connectivity index (χ4n) is 3.46. The van der Waals surface area contributed by atoms with E-state index in [-0.39, 0.29) is 0 Å². The lowest BCUT2D eigenvalue weighted by Crippen LogP contribution is -2.36. The van der Waals surface area contributed by atoms with Gasteiger partial charge in [-0.25, -0.2) is 4.98 Å². The predicted molar refractivity (Wildman–Crippen MR) is 114 cm³/mol. The Morgan fingerprint density at radius 1 is 0.897 bits per heavy atom. The summed E-state index contributed by atoms with van der Waals surface area (Å²) in [4.78, 5) is 15.7. The Labute approximate surface area is 168 Å². The Balaban J connectivity index is 1.43. The highest BCUT2D eigenvalue weighted by Gasteiger charge is 2.14. The lowest BCUT2D eigenvalue weighted by molar-refractivity contribution is 0.122. The van der Waals surface area contributed by atoms with Gasteiger partial charge in [-0.2, -0.15) is 9.97 Å². The van der Waals surface area contributed by atoms with Crippen LogP contribution in [0.2, 0.25) is 0 Å². The average molecular weight is 387 g/mol. The first-order valence-corrected chi connectivity index (χ1v) is 9.54. The summed E-state index contributed by atoms with van der Waals surface area (Å²) in [6, 6.07) is 18.1. The first kappa shape index (κ1) is 17.4. The van der Waals surface area contributed by atoms with Gasteiger partial charge in [0.15, 0.2) is 17.0 Å². The number of benzene rings is 2. The second kappa shape index (κ2) is 7.40. The van der Waals surface area contributed by atoms with Gasteiger partial charge >= 0.3 is 0 Å². The smallest absolute Gasteiger partial charge is 0.231 e. The van der Waals surface area contributed by atoms with Crippen LogP contribution in [-0.2, 0) is 4.74 Å². The molecule has 146 valence electrons. The summed E-state index contributed by atoms with van der Waals surface area (Å²) in [5.74, 6) is 0.781. The fourth-order valence-corrected chi connectivity index (χ4v) is 3.46. The summed E-state index contributed by atoms with van der Waals surface area (Å²) in [7, 11) is 0. The van der Waals surface area contributed by atoms with E-state index in [4.69, 9.17) is 10.5 Å². The molecule has 0 amide bonds. The Kier molecular flexibility index (Phi) is 4.45. The Bertz CT molecular complexity index is 1120. The number of imidazole rings is 1. The molecule has 1 aliphatic rings. The SMILES string of the molecule is Nc1nc(Nc2ccc(N3CCOCC3)cc2)nc2c1ncn2-c1ccccc1. The molecule has 5 rings (SSSR count). The van der Waals surface area contributed by atoms with E-state index < -0.39 is 0 Å². The molecule has 0 unspecified atom stereocenters. The molecule has 3 N–H and O–H groups in total. The summed E-state index contributed by atoms with van der Waals surface area (Å²) in [6.07, 6.45) is 1.71. The van der Waals surface area contributed by atoms with Crippen molar-refractivity contribution < 1.29 is 4.74 Å². The molecule has 29 heavy (non-hydrogen) atoms. The Morgan fingerprint density at radius 3 is 2.41 bits per heavy atom. The van der Waals surface area contributed by atoms with E-state index >= 15 is 0 Å². The summed E-state index contributed by atoms with van der Waals surface area (Å²) < 4.78 is 7.32. The molecule has 0 bridgehead atoms. The fraction of sp³-hybridized carbons (Fsp3) is 0.190. The van der Waals surface area contributed by atoms with Crippen molar-refractivity contribution in [3.8, 4) is 5.69 Å². The number of nitrogens with two attached hydrogens (primary N) is 1. The topological polar surface area (TPSA) is 94.1 Å². The van der Waals surface area contributed by atoms with Crippen molar-refractivity contribution >= 4 is 34.3 Å². The minimum atomic E-state index is 0.345. The number of fused-ring (bicyclic) bond motifs is 1. The van der Waals surface area contributed by atoms with E-state index in [1.54, 1.807) is 6.33 Å². The van der Waals surface area contributed by atoms with Gasteiger partial charge in [0.05, 0.1) is 13.2 Å². The van der Waals surface area contributed by atoms with Gasteiger partial charge in [0.2, 0.25) is 5.95 Å². The van der Waals surface area contributed by atoms with E-state index in [1.807, 2.05) is 47.0 Å². The number of morpholine rings is 1. The largest absolute Gasteiger partial charge is 0.382 e. The first-order chi connectivity index (χ1) is 14.3. The zero-order chi connectivity index (χ0) is 19.6. The van der Waals surface area contributed by atoms with Crippen LogP contribution in [0.5, 0.6) is 0 Å². The van der Waals surface area contributed by atoms with Gasteiger partial charge in [-0.3, -0.25) is 4.57 Å². The number of nitrogen functional groups attached to an aromatic ring is 1. The molecule has 0 spiro atoms. The summed E-state index contributed by atoms with van der Waals surface area (Å²) in [6.45, 7) is 3.35. The number of anilines is 4. The molecular formula is C21H21N7O. The van der Waals surface area contributed by atoms with Crippen LogP contribution in [0.25, 0.3) is 16.9 Å². The van der Waals surface area contributed by atoms with Crippen LogP contribution in [0, 0.1) is 0 Å². The van der Waals surface area contributed by atoms with Gasteiger partial charge in [0.1, 0.15) is 6.33 Å². The lowest BCUT2D eigenvalue weighted by atomic mass is 10.2. The van der Waals surface area contributed by atoms with E-state index in [1.165, 1.54) is 5.69 Å². The highest BCUT2D eigenvalue weighted by atomic mass is 16.5. The molecule has 1 fully saturated rings. The molecular weight excluding hydrogens is 366 g/mol. The van der Waals surface area contributed by atoms with Crippen molar-refractivity contribution in [1.82, 2.24) is 19.5 Å². The van der Waals surface area contributed by atoms with Crippen molar-refractivity contribution in [3.05, 3.63) is 60.9 Å². The summed E-state index contributed by atoms with van der Waals surface area (Å²) in [5.41, 5.74) is 10.4. The maximum absolute atomic E-state index is 6.14. The number of nitrogens with zero attached hydrogens (tertiary/aromatic N) is 5. The molecule has 8 nitrogen and oxygen atoms in total. The molecule has 0 aliphatic carbocycles. The number of hydrogen-bond donors (Lipinski definition) is 2. The summed E-state index contributed by atoms with van der Waals surface area (Å²) >= 11 is 0. The van der Waals surface area contributed by atoms with Gasteiger partial charge in [-0.05, 0) is 36.4 Å². The molecule has 0 radical (unpaired) electrons. The average Bonchev–Trinajstić information content (AvgIpc) is 3.20. The van der Waals surface area contributed by atoms with Crippen molar-refractivity contribution in [1.29, 1.82) is 0 Å². The van der Waals surface area contributed by atoms with Crippen molar-refractivity contribution in [2.45, 2.75) is 0 Å². The minimum absolute atomic E-state index is 0.345. The molecule has 1 aliphatic heterocycles. The number of hydrogen-bond acceptors (Lipinski definition) is 7. The normalized spacial score (nSPS) is 14.3. The summed E-state index contributed by atoms with van der Waals surface area (Å²) in [5, 5.41) is 3.25. The Hall–Kier alpha value is -3.65. The Morgan fingerprint density at radius 2 is 1.66 bits per heavy atom. The monoisotopic (exact) mass is 387 g/mol. The third kappa shape index (κ3) is 3.45. The molecule has 8 heteroatoms. The molecule has 3 heterocycles. The number of nitrogens with one attached hydrogen (secondary N) is 1. The van der Waals surface area contributed by atoms with Gasteiger partial charge in [0, 0.05) is 30.2 Å². The zero-order valence-electron chi connectivity index (χ0n) is 15.8. The van der Waals surface area contributed by atoms with Crippen LogP contribution in [-0.4, -0.2) is 45.8 Å². The van der Waals surface area contributed by atoms with E-state index in [0.29, 0.717) is 22.9 Å². The van der Waals surface area contributed by atoms with Crippen molar-refractivity contribution in [3.63, 3.8) is 0 Å². The van der Waals surface area contributed by atoms with Gasteiger partial charge < -0.3 is 20.7 Å². The maximum atomic E-state index is 6.14. The third-order valence-electron chi connectivity index (χ3n) is 4.96. The first-order valence-electron chi connectivity index (χ1n) is 9.54. The van der Waals surface area contributed by atoms with E-state index in [9.17, 15) is 0 Å². The third-order valence-corrected chi connectivity index (χ3v) is 4.96.